The van der Waals surface area contributed by atoms with E-state index in [0.717, 1.165) is 18.4 Å². The van der Waals surface area contributed by atoms with E-state index in [1.807, 2.05) is 6.92 Å². The molecule has 0 saturated carbocycles. The molecule has 13 heavy (non-hydrogen) atoms. The number of rotatable bonds is 3. The topological polar surface area (TPSA) is 46.2 Å². The molecule has 74 valence electrons. The molecule has 1 atom stereocenters. The Bertz CT molecular complexity index is 243. The zero-order valence-electron chi connectivity index (χ0n) is 7.89. The molecule has 0 fully saturated rings. The predicted molar refractivity (Wildman–Crippen MR) is 58.6 cm³/mol. The quantitative estimate of drug-likeness (QED) is 0.800. The summed E-state index contributed by atoms with van der Waals surface area (Å²) < 4.78 is 1.19. The lowest BCUT2D eigenvalue weighted by molar-refractivity contribution is 0.260. The summed E-state index contributed by atoms with van der Waals surface area (Å²) in [5.74, 6) is 0. The van der Waals surface area contributed by atoms with Crippen LogP contribution in [-0.4, -0.2) is 17.3 Å². The van der Waals surface area contributed by atoms with Gasteiger partial charge in [-0.15, -0.1) is 0 Å². The monoisotopic (exact) mass is 245 g/mol. The molecule has 0 bridgehead atoms. The van der Waals surface area contributed by atoms with Gasteiger partial charge in [0.25, 0.3) is 0 Å². The van der Waals surface area contributed by atoms with Gasteiger partial charge in [0.15, 0.2) is 0 Å². The normalized spacial score (nSPS) is 21.8. The molecule has 0 aromatic heterocycles. The summed E-state index contributed by atoms with van der Waals surface area (Å²) in [7, 11) is 0. The first-order valence-electron chi connectivity index (χ1n) is 4.53. The van der Waals surface area contributed by atoms with Crippen LogP contribution in [-0.2, 0) is 0 Å². The maximum atomic E-state index is 8.86. The van der Waals surface area contributed by atoms with Crippen molar-refractivity contribution in [1.29, 1.82) is 0 Å². The minimum atomic E-state index is -0.395. The molecule has 1 aliphatic rings. The van der Waals surface area contributed by atoms with Crippen LogP contribution >= 0.6 is 15.9 Å². The molecule has 1 rings (SSSR count). The van der Waals surface area contributed by atoms with Gasteiger partial charge in [0.2, 0.25) is 0 Å². The van der Waals surface area contributed by atoms with E-state index < -0.39 is 5.54 Å². The van der Waals surface area contributed by atoms with Crippen LogP contribution < -0.4 is 5.73 Å². The average Bonchev–Trinajstić information content (AvgIpc) is 2.04. The van der Waals surface area contributed by atoms with Crippen molar-refractivity contribution in [3.05, 3.63) is 22.2 Å². The van der Waals surface area contributed by atoms with Crippen molar-refractivity contribution < 1.29 is 5.11 Å². The number of nitrogens with two attached hydrogens (primary N) is 1. The first kappa shape index (κ1) is 11.0. The highest BCUT2D eigenvalue weighted by Gasteiger charge is 2.23. The Balaban J connectivity index is 2.76. The number of aliphatic hydroxyl groups excluding tert-OH is 1. The molecule has 0 amide bonds. The number of aliphatic hydroxyl groups is 1. The van der Waals surface area contributed by atoms with Crippen LogP contribution in [0.4, 0.5) is 0 Å². The van der Waals surface area contributed by atoms with Crippen molar-refractivity contribution in [1.82, 2.24) is 0 Å². The molecule has 0 saturated heterocycles. The van der Waals surface area contributed by atoms with Gasteiger partial charge in [-0.2, -0.15) is 0 Å². The largest absolute Gasteiger partial charge is 0.396 e. The number of halogens is 1. The highest BCUT2D eigenvalue weighted by Crippen LogP contribution is 2.28. The Morgan fingerprint density at radius 2 is 2.38 bits per heavy atom. The SMILES string of the molecule is C[C@](N)(CCO)C1=CCCC(Br)=C1. The Morgan fingerprint density at radius 3 is 2.92 bits per heavy atom. The third-order valence-corrected chi connectivity index (χ3v) is 2.98. The second-order valence-corrected chi connectivity index (χ2v) is 4.70. The van der Waals surface area contributed by atoms with Crippen molar-refractivity contribution in [2.45, 2.75) is 31.7 Å². The van der Waals surface area contributed by atoms with Crippen molar-refractivity contribution in [2.75, 3.05) is 6.61 Å². The van der Waals surface area contributed by atoms with E-state index in [9.17, 15) is 0 Å². The molecule has 0 spiro atoms. The van der Waals surface area contributed by atoms with E-state index in [2.05, 4.69) is 28.1 Å². The van der Waals surface area contributed by atoms with Gasteiger partial charge in [-0.05, 0) is 42.3 Å². The van der Waals surface area contributed by atoms with Crippen molar-refractivity contribution >= 4 is 15.9 Å². The Morgan fingerprint density at radius 1 is 1.69 bits per heavy atom. The summed E-state index contributed by atoms with van der Waals surface area (Å²) in [5, 5.41) is 8.86. The Kier molecular flexibility index (Phi) is 3.71. The van der Waals surface area contributed by atoms with Gasteiger partial charge in [-0.25, -0.2) is 0 Å². The molecule has 2 nitrogen and oxygen atoms in total. The molecule has 0 aliphatic heterocycles. The van der Waals surface area contributed by atoms with Crippen molar-refractivity contribution in [3.63, 3.8) is 0 Å². The number of hydrogen-bond donors (Lipinski definition) is 2. The first-order chi connectivity index (χ1) is 6.06. The van der Waals surface area contributed by atoms with Crippen LogP contribution in [0.15, 0.2) is 22.2 Å². The standard InChI is InChI=1S/C10H16BrNO/c1-10(12,5-6-13)8-3-2-4-9(11)7-8/h3,7,13H,2,4-6,12H2,1H3/t10-/m0/s1. The van der Waals surface area contributed by atoms with Crippen LogP contribution in [0.5, 0.6) is 0 Å². The van der Waals surface area contributed by atoms with E-state index in [1.165, 1.54) is 4.48 Å². The minimum absolute atomic E-state index is 0.135. The fraction of sp³-hybridized carbons (Fsp3) is 0.600. The fourth-order valence-corrected chi connectivity index (χ4v) is 1.92. The lowest BCUT2D eigenvalue weighted by Gasteiger charge is -2.27. The number of allylic oxidation sites excluding steroid dienone is 2. The molecule has 0 aromatic carbocycles. The smallest absolute Gasteiger partial charge is 0.0451 e. The van der Waals surface area contributed by atoms with Gasteiger partial charge in [0, 0.05) is 12.1 Å². The lowest BCUT2D eigenvalue weighted by atomic mass is 9.86. The zero-order chi connectivity index (χ0) is 9.90. The molecular formula is C10H16BrNO. The summed E-state index contributed by atoms with van der Waals surface area (Å²) in [6.07, 6.45) is 6.92. The summed E-state index contributed by atoms with van der Waals surface area (Å²) in [6.45, 7) is 2.09. The van der Waals surface area contributed by atoms with Gasteiger partial charge < -0.3 is 10.8 Å². The van der Waals surface area contributed by atoms with E-state index in [4.69, 9.17) is 10.8 Å². The lowest BCUT2D eigenvalue weighted by Crippen LogP contribution is -2.39. The van der Waals surface area contributed by atoms with E-state index in [1.54, 1.807) is 0 Å². The summed E-state index contributed by atoms with van der Waals surface area (Å²) in [4.78, 5) is 0. The van der Waals surface area contributed by atoms with Crippen LogP contribution in [0.1, 0.15) is 26.2 Å². The molecule has 0 aromatic rings. The summed E-state index contributed by atoms with van der Waals surface area (Å²) >= 11 is 3.47. The van der Waals surface area contributed by atoms with Gasteiger partial charge in [-0.3, -0.25) is 0 Å². The van der Waals surface area contributed by atoms with Crippen molar-refractivity contribution in [2.24, 2.45) is 5.73 Å². The number of hydrogen-bond acceptors (Lipinski definition) is 2. The summed E-state index contributed by atoms with van der Waals surface area (Å²) in [5.41, 5.74) is 6.80. The van der Waals surface area contributed by atoms with E-state index in [-0.39, 0.29) is 6.61 Å². The van der Waals surface area contributed by atoms with Crippen LogP contribution in [0.2, 0.25) is 0 Å². The average molecular weight is 246 g/mol. The van der Waals surface area contributed by atoms with Crippen LogP contribution in [0.3, 0.4) is 0 Å². The van der Waals surface area contributed by atoms with Gasteiger partial charge >= 0.3 is 0 Å². The molecule has 0 unspecified atom stereocenters. The molecule has 1 aliphatic carbocycles. The van der Waals surface area contributed by atoms with E-state index >= 15 is 0 Å². The highest BCUT2D eigenvalue weighted by atomic mass is 79.9. The van der Waals surface area contributed by atoms with Gasteiger partial charge in [0.1, 0.15) is 0 Å². The minimum Gasteiger partial charge on any atom is -0.396 e. The van der Waals surface area contributed by atoms with E-state index in [0.29, 0.717) is 6.42 Å². The third-order valence-electron chi connectivity index (χ3n) is 2.35. The second kappa shape index (κ2) is 4.40. The maximum Gasteiger partial charge on any atom is 0.0451 e. The Hall–Kier alpha value is -0.120. The Labute approximate surface area is 87.6 Å². The van der Waals surface area contributed by atoms with Crippen LogP contribution in [0, 0.1) is 0 Å². The zero-order valence-corrected chi connectivity index (χ0v) is 9.47. The fourth-order valence-electron chi connectivity index (χ4n) is 1.44. The first-order valence-corrected chi connectivity index (χ1v) is 5.32. The summed E-state index contributed by atoms with van der Waals surface area (Å²) in [6, 6.07) is 0. The molecule has 0 heterocycles. The van der Waals surface area contributed by atoms with Gasteiger partial charge in [-0.1, -0.05) is 22.0 Å². The molecule has 3 N–H and O–H groups in total. The second-order valence-electron chi connectivity index (χ2n) is 3.68. The molecular weight excluding hydrogens is 230 g/mol. The predicted octanol–water partition coefficient (Wildman–Crippen LogP) is 2.09. The molecule has 3 heteroatoms. The third kappa shape index (κ3) is 2.93. The van der Waals surface area contributed by atoms with Crippen LogP contribution in [0.25, 0.3) is 0 Å². The highest BCUT2D eigenvalue weighted by molar-refractivity contribution is 9.11. The molecule has 0 radical (unpaired) electrons. The van der Waals surface area contributed by atoms with Crippen molar-refractivity contribution in [3.8, 4) is 0 Å². The maximum absolute atomic E-state index is 8.86. The van der Waals surface area contributed by atoms with Gasteiger partial charge in [0.05, 0.1) is 0 Å².